The molecule has 37 heavy (non-hydrogen) atoms. The number of aliphatic hydroxyl groups is 1. The van der Waals surface area contributed by atoms with Gasteiger partial charge in [-0.1, -0.05) is 34.7 Å². The van der Waals surface area contributed by atoms with Crippen LogP contribution in [-0.2, 0) is 4.79 Å². The van der Waals surface area contributed by atoms with Gasteiger partial charge in [0.15, 0.2) is 8.29 Å². The molecule has 2 heterocycles. The number of nitrogens with one attached hydrogen (secondary N) is 2. The van der Waals surface area contributed by atoms with Crippen molar-refractivity contribution in [1.29, 1.82) is 0 Å². The van der Waals surface area contributed by atoms with Crippen LogP contribution in [0.1, 0.15) is 19.9 Å². The molecule has 3 N–H and O–H groups in total. The highest BCUT2D eigenvalue weighted by atomic mass is 35.5. The van der Waals surface area contributed by atoms with E-state index in [1.807, 2.05) is 6.92 Å². The minimum Gasteiger partial charge on any atom is -0.492 e. The number of aromatic nitrogens is 4. The molecule has 1 amide bonds. The Hall–Kier alpha value is -2.84. The molecule has 14 heteroatoms. The average molecular weight is 581 g/mol. The van der Waals surface area contributed by atoms with E-state index in [1.165, 1.54) is 46.2 Å². The molecule has 0 aliphatic heterocycles. The van der Waals surface area contributed by atoms with Gasteiger partial charge in [0.2, 0.25) is 5.91 Å². The first kappa shape index (κ1) is 27.2. The highest BCUT2D eigenvalue weighted by molar-refractivity contribution is 8.01. The quantitative estimate of drug-likeness (QED) is 0.157. The molecule has 4 rings (SSSR count). The lowest BCUT2D eigenvalue weighted by Gasteiger charge is -2.17. The third-order valence-corrected chi connectivity index (χ3v) is 7.75. The molecule has 0 aliphatic carbocycles. The number of fused-ring (bicyclic) bond motifs is 1. The van der Waals surface area contributed by atoms with E-state index in [-0.39, 0.29) is 17.5 Å². The first-order valence-corrected chi connectivity index (χ1v) is 13.7. The maximum Gasteiger partial charge on any atom is 0.249 e. The van der Waals surface area contributed by atoms with Crippen molar-refractivity contribution in [3.63, 3.8) is 0 Å². The summed E-state index contributed by atoms with van der Waals surface area (Å²) in [6.07, 6.45) is 1.39. The third kappa shape index (κ3) is 6.36. The molecule has 9 nitrogen and oxygen atoms in total. The molecule has 194 valence electrons. The second-order valence-electron chi connectivity index (χ2n) is 7.59. The number of hydrogen-bond acceptors (Lipinski definition) is 10. The molecule has 0 radical (unpaired) electrons. The summed E-state index contributed by atoms with van der Waals surface area (Å²) in [5, 5.41) is 20.1. The third-order valence-electron chi connectivity index (χ3n) is 5.09. The van der Waals surface area contributed by atoms with Gasteiger partial charge in [0.25, 0.3) is 0 Å². The Kier molecular flexibility index (Phi) is 8.92. The molecule has 1 unspecified atom stereocenters. The summed E-state index contributed by atoms with van der Waals surface area (Å²) in [5.74, 6) is 0.481. The lowest BCUT2D eigenvalue weighted by Crippen LogP contribution is -2.25. The standard InChI is InChI=1S/C23H22ClFN6O3S3/c1-3-34-19-10-17-14(20(27-11-26-17)28-13-4-5-16(25)15(24)8-13)9-18(19)29-21(33)12(2)31-23(35)37-22(30-31)36-7-6-32/h4-5,8-12,32H,3,6-7H2,1-2H3,(H,29,33)(H,26,27,28). The molecule has 0 bridgehead atoms. The number of rotatable bonds is 10. The van der Waals surface area contributed by atoms with E-state index in [4.69, 9.17) is 33.7 Å². The zero-order valence-corrected chi connectivity index (χ0v) is 22.9. The van der Waals surface area contributed by atoms with Crippen molar-refractivity contribution >= 4 is 80.9 Å². The van der Waals surface area contributed by atoms with Gasteiger partial charge in [0, 0.05) is 22.9 Å². The van der Waals surface area contributed by atoms with Crippen molar-refractivity contribution in [1.82, 2.24) is 19.7 Å². The Bertz CT molecular complexity index is 1500. The van der Waals surface area contributed by atoms with E-state index in [9.17, 15) is 9.18 Å². The lowest BCUT2D eigenvalue weighted by atomic mass is 10.1. The van der Waals surface area contributed by atoms with Gasteiger partial charge in [-0.2, -0.15) is 5.10 Å². The summed E-state index contributed by atoms with van der Waals surface area (Å²) < 4.78 is 22.0. The predicted octanol–water partition coefficient (Wildman–Crippen LogP) is 5.84. The van der Waals surface area contributed by atoms with Gasteiger partial charge in [-0.05, 0) is 50.3 Å². The van der Waals surface area contributed by atoms with Crippen LogP contribution in [0.15, 0.2) is 41.0 Å². The van der Waals surface area contributed by atoms with E-state index in [1.54, 1.807) is 25.1 Å². The Labute approximate surface area is 230 Å². The molecular weight excluding hydrogens is 559 g/mol. The number of aliphatic hydroxyl groups excluding tert-OH is 1. The molecule has 4 aromatic rings. The van der Waals surface area contributed by atoms with Gasteiger partial charge in [0.1, 0.15) is 29.8 Å². The van der Waals surface area contributed by atoms with Crippen LogP contribution in [0.2, 0.25) is 5.02 Å². The summed E-state index contributed by atoms with van der Waals surface area (Å²) in [7, 11) is 0. The zero-order chi connectivity index (χ0) is 26.5. The van der Waals surface area contributed by atoms with E-state index in [2.05, 4.69) is 25.7 Å². The van der Waals surface area contributed by atoms with Crippen LogP contribution in [0, 0.1) is 9.77 Å². The van der Waals surface area contributed by atoms with Crippen molar-refractivity contribution < 1.29 is 19.0 Å². The number of ether oxygens (including phenoxy) is 1. The molecule has 1 atom stereocenters. The van der Waals surface area contributed by atoms with Gasteiger partial charge < -0.3 is 20.5 Å². The van der Waals surface area contributed by atoms with Gasteiger partial charge in [-0.25, -0.2) is 19.0 Å². The van der Waals surface area contributed by atoms with Crippen LogP contribution in [-0.4, -0.2) is 49.7 Å². The van der Waals surface area contributed by atoms with Crippen molar-refractivity contribution in [3.05, 3.63) is 51.5 Å². The van der Waals surface area contributed by atoms with Crippen LogP contribution in [0.3, 0.4) is 0 Å². The molecular formula is C23H22ClFN6O3S3. The Morgan fingerprint density at radius 2 is 2.16 bits per heavy atom. The molecule has 2 aromatic heterocycles. The number of thioether (sulfide) groups is 1. The predicted molar refractivity (Wildman–Crippen MR) is 147 cm³/mol. The smallest absolute Gasteiger partial charge is 0.249 e. The van der Waals surface area contributed by atoms with Crippen molar-refractivity contribution in [3.8, 4) is 5.75 Å². The minimum absolute atomic E-state index is 0.0178. The second-order valence-corrected chi connectivity index (χ2v) is 11.0. The number of carbonyl (C=O) groups excluding carboxylic acids is 1. The SMILES string of the molecule is CCOc1cc2ncnc(Nc3ccc(F)c(Cl)c3)c2cc1NC(=O)C(C)n1nc(SCCO)sc1=S. The Morgan fingerprint density at radius 1 is 1.35 bits per heavy atom. The fraction of sp³-hybridized carbons (Fsp3) is 0.261. The highest BCUT2D eigenvalue weighted by Crippen LogP contribution is 2.34. The van der Waals surface area contributed by atoms with Crippen LogP contribution in [0.5, 0.6) is 5.75 Å². The maximum absolute atomic E-state index is 13.6. The van der Waals surface area contributed by atoms with Crippen molar-refractivity contribution in [2.24, 2.45) is 0 Å². The number of carbonyl (C=O) groups is 1. The van der Waals surface area contributed by atoms with Gasteiger partial charge in [-0.15, -0.1) is 0 Å². The fourth-order valence-corrected chi connectivity index (χ4v) is 5.80. The first-order chi connectivity index (χ1) is 17.8. The average Bonchev–Trinajstić information content (AvgIpc) is 3.25. The lowest BCUT2D eigenvalue weighted by molar-refractivity contribution is -0.119. The maximum atomic E-state index is 13.6. The number of hydrogen-bond donors (Lipinski definition) is 3. The number of benzene rings is 2. The van der Waals surface area contributed by atoms with Gasteiger partial charge >= 0.3 is 0 Å². The molecule has 0 saturated carbocycles. The normalized spacial score (nSPS) is 11.9. The van der Waals surface area contributed by atoms with Gasteiger partial charge in [-0.3, -0.25) is 4.79 Å². The largest absolute Gasteiger partial charge is 0.492 e. The van der Waals surface area contributed by atoms with Crippen molar-refractivity contribution in [2.45, 2.75) is 24.2 Å². The summed E-state index contributed by atoms with van der Waals surface area (Å²) in [6, 6.07) is 6.96. The van der Waals surface area contributed by atoms with E-state index >= 15 is 0 Å². The summed E-state index contributed by atoms with van der Waals surface area (Å²) in [5.41, 5.74) is 1.53. The molecule has 0 saturated heterocycles. The van der Waals surface area contributed by atoms with Crippen LogP contribution >= 0.6 is 46.9 Å². The topological polar surface area (TPSA) is 114 Å². The second kappa shape index (κ2) is 12.1. The Morgan fingerprint density at radius 3 is 2.89 bits per heavy atom. The van der Waals surface area contributed by atoms with Gasteiger partial charge in [0.05, 0.1) is 29.4 Å². The van der Waals surface area contributed by atoms with Crippen LogP contribution in [0.4, 0.5) is 21.6 Å². The summed E-state index contributed by atoms with van der Waals surface area (Å²) >= 11 is 14.0. The Balaban J connectivity index is 1.65. The van der Waals surface area contributed by atoms with E-state index in [0.29, 0.717) is 54.5 Å². The molecule has 2 aromatic carbocycles. The first-order valence-electron chi connectivity index (χ1n) is 11.1. The van der Waals surface area contributed by atoms with Crippen LogP contribution in [0.25, 0.3) is 10.9 Å². The highest BCUT2D eigenvalue weighted by Gasteiger charge is 2.21. The number of anilines is 3. The fourth-order valence-electron chi connectivity index (χ4n) is 3.32. The molecule has 0 aliphatic rings. The molecule has 0 fully saturated rings. The number of nitrogens with zero attached hydrogens (tertiary/aromatic N) is 4. The zero-order valence-electron chi connectivity index (χ0n) is 19.7. The van der Waals surface area contributed by atoms with E-state index in [0.717, 1.165) is 0 Å². The summed E-state index contributed by atoms with van der Waals surface area (Å²) in [6.45, 7) is 3.92. The number of amides is 1. The number of halogens is 2. The van der Waals surface area contributed by atoms with Crippen molar-refractivity contribution in [2.75, 3.05) is 29.6 Å². The minimum atomic E-state index is -0.705. The monoisotopic (exact) mass is 580 g/mol. The summed E-state index contributed by atoms with van der Waals surface area (Å²) in [4.78, 5) is 21.8. The van der Waals surface area contributed by atoms with E-state index < -0.39 is 11.9 Å². The van der Waals surface area contributed by atoms with Crippen LogP contribution < -0.4 is 15.4 Å². The molecule has 0 spiro atoms.